The lowest BCUT2D eigenvalue weighted by atomic mass is 9.95. The van der Waals surface area contributed by atoms with Crippen molar-refractivity contribution in [2.24, 2.45) is 5.92 Å². The molecule has 0 aromatic carbocycles. The summed E-state index contributed by atoms with van der Waals surface area (Å²) in [5, 5.41) is 25.6. The molecule has 0 aliphatic carbocycles. The Hall–Kier alpha value is -2.98. The average Bonchev–Trinajstić information content (AvgIpc) is 2.98. The van der Waals surface area contributed by atoms with E-state index in [9.17, 15) is 28.8 Å². The molecule has 2 atom stereocenters. The Kier molecular flexibility index (Phi) is 25.7. The van der Waals surface area contributed by atoms with E-state index in [-0.39, 0.29) is 101 Å². The molecular weight excluding hydrogens is 582 g/mol. The number of Topliss-reactive ketones (excluding diaryl/α,β-unsaturated/α-hetero) is 2. The first-order valence-electron chi connectivity index (χ1n) is 15.1. The number of nitrogens with one attached hydrogen (secondary N) is 3. The number of rotatable bonds is 30. The van der Waals surface area contributed by atoms with E-state index in [2.05, 4.69) is 16.0 Å². The van der Waals surface area contributed by atoms with Gasteiger partial charge in [0.1, 0.15) is 31.6 Å². The monoisotopic (exact) mass is 633 g/mol. The van der Waals surface area contributed by atoms with Crippen LogP contribution < -0.4 is 16.0 Å². The van der Waals surface area contributed by atoms with Crippen LogP contribution in [0.2, 0.25) is 0 Å². The largest absolute Gasteiger partial charge is 0.480 e. The van der Waals surface area contributed by atoms with E-state index in [0.717, 1.165) is 12.8 Å². The molecule has 0 aromatic rings. The highest BCUT2D eigenvalue weighted by Crippen LogP contribution is 2.13. The number of hydrogen-bond acceptors (Lipinski definition) is 11. The van der Waals surface area contributed by atoms with E-state index in [0.29, 0.717) is 32.4 Å². The van der Waals surface area contributed by atoms with Gasteiger partial charge >= 0.3 is 5.97 Å². The molecule has 3 amide bonds. The second kappa shape index (κ2) is 27.6. The average molecular weight is 634 g/mol. The molecule has 254 valence electrons. The fraction of sp³-hybridized carbons (Fsp3) is 0.793. The van der Waals surface area contributed by atoms with Gasteiger partial charge in [-0.1, -0.05) is 13.3 Å². The molecule has 0 radical (unpaired) electrons. The molecule has 44 heavy (non-hydrogen) atoms. The third-order valence-corrected chi connectivity index (χ3v) is 6.32. The van der Waals surface area contributed by atoms with Gasteiger partial charge in [0.15, 0.2) is 5.78 Å². The summed E-state index contributed by atoms with van der Waals surface area (Å²) in [5.41, 5.74) is 0. The normalized spacial score (nSPS) is 12.2. The number of aliphatic carboxylic acids is 1. The molecule has 0 aliphatic heterocycles. The van der Waals surface area contributed by atoms with Crippen LogP contribution in [0.1, 0.15) is 65.2 Å². The molecule has 15 heteroatoms. The van der Waals surface area contributed by atoms with Crippen LogP contribution >= 0.6 is 0 Å². The fourth-order valence-corrected chi connectivity index (χ4v) is 3.90. The molecular formula is C29H51N3O12. The molecule has 0 heterocycles. The lowest BCUT2D eigenvalue weighted by Gasteiger charge is -2.12. The number of ether oxygens (including phenoxy) is 4. The van der Waals surface area contributed by atoms with Gasteiger partial charge in [-0.15, -0.1) is 0 Å². The second-order valence-corrected chi connectivity index (χ2v) is 10.0. The lowest BCUT2D eigenvalue weighted by molar-refractivity contribution is -0.141. The van der Waals surface area contributed by atoms with E-state index >= 15 is 0 Å². The van der Waals surface area contributed by atoms with Crippen LogP contribution in [0.3, 0.4) is 0 Å². The number of carbonyl (C=O) groups excluding carboxylic acids is 5. The van der Waals surface area contributed by atoms with Crippen LogP contribution in [-0.2, 0) is 47.7 Å². The minimum absolute atomic E-state index is 0.0346. The topological polar surface area (TPSA) is 216 Å². The van der Waals surface area contributed by atoms with Gasteiger partial charge in [0.2, 0.25) is 17.7 Å². The molecule has 0 bridgehead atoms. The van der Waals surface area contributed by atoms with Crippen LogP contribution in [-0.4, -0.2) is 124 Å². The molecule has 0 aromatic heterocycles. The number of unbranched alkanes of at least 4 members (excludes halogenated alkanes) is 1. The number of aliphatic hydroxyl groups is 1. The summed E-state index contributed by atoms with van der Waals surface area (Å²) in [4.78, 5) is 69.0. The van der Waals surface area contributed by atoms with Crippen LogP contribution in [0.5, 0.6) is 0 Å². The second-order valence-electron chi connectivity index (χ2n) is 10.0. The zero-order valence-corrected chi connectivity index (χ0v) is 26.1. The van der Waals surface area contributed by atoms with Crippen molar-refractivity contribution in [3.8, 4) is 0 Å². The van der Waals surface area contributed by atoms with Gasteiger partial charge in [-0.3, -0.25) is 24.0 Å². The number of carbonyl (C=O) groups is 6. The van der Waals surface area contributed by atoms with Crippen molar-refractivity contribution in [2.45, 2.75) is 71.3 Å². The predicted molar refractivity (Wildman–Crippen MR) is 158 cm³/mol. The van der Waals surface area contributed by atoms with Gasteiger partial charge in [-0.2, -0.15) is 0 Å². The Balaban J connectivity index is 3.54. The first-order valence-corrected chi connectivity index (χ1v) is 15.1. The zero-order valence-electron chi connectivity index (χ0n) is 26.1. The predicted octanol–water partition coefficient (Wildman–Crippen LogP) is -0.238. The van der Waals surface area contributed by atoms with Crippen molar-refractivity contribution in [1.82, 2.24) is 16.0 Å². The van der Waals surface area contributed by atoms with E-state index < -0.39 is 24.5 Å². The molecule has 15 nitrogen and oxygen atoms in total. The smallest absolute Gasteiger partial charge is 0.326 e. The summed E-state index contributed by atoms with van der Waals surface area (Å²) in [6, 6.07) is -1.08. The number of aliphatic hydroxyl groups excluding tert-OH is 1. The Labute approximate surface area is 259 Å². The van der Waals surface area contributed by atoms with Gasteiger partial charge in [0.05, 0.1) is 33.0 Å². The molecule has 0 aliphatic rings. The lowest BCUT2D eigenvalue weighted by Crippen LogP contribution is -2.39. The first-order chi connectivity index (χ1) is 21.1. The molecule has 0 saturated carbocycles. The minimum Gasteiger partial charge on any atom is -0.480 e. The summed E-state index contributed by atoms with van der Waals surface area (Å²) in [5.74, 6) is -2.57. The highest BCUT2D eigenvalue weighted by Gasteiger charge is 2.19. The standard InChI is InChI=1S/C29H51N3O12/c1-3-23(26(36)19-33)7-4-5-11-30-27(37)20-44-18-16-42-14-12-31-28(38)21-43-17-15-41-13-6-8-24(35)9-10-25(29(39)40)32-22(2)34/h23,25,33H,3-21H2,1-2H3,(H,30,37)(H,31,38)(H,32,34)(H,39,40)/t23-,25-/m0/s1. The maximum Gasteiger partial charge on any atom is 0.326 e. The quantitative estimate of drug-likeness (QED) is 0.0648. The van der Waals surface area contributed by atoms with Crippen molar-refractivity contribution in [3.05, 3.63) is 0 Å². The summed E-state index contributed by atoms with van der Waals surface area (Å²) in [6.45, 7) is 4.77. The molecule has 0 fully saturated rings. The third-order valence-electron chi connectivity index (χ3n) is 6.32. The summed E-state index contributed by atoms with van der Waals surface area (Å²) >= 11 is 0. The SMILES string of the molecule is CC[C@@H](CCCCNC(=O)COCCOCCNC(=O)COCCOCCCC(=O)CC[C@H](NC(C)=O)C(=O)O)C(=O)CO. The van der Waals surface area contributed by atoms with Crippen molar-refractivity contribution in [3.63, 3.8) is 0 Å². The molecule has 5 N–H and O–H groups in total. The van der Waals surface area contributed by atoms with Crippen molar-refractivity contribution >= 4 is 35.3 Å². The van der Waals surface area contributed by atoms with Crippen LogP contribution in [0.15, 0.2) is 0 Å². The van der Waals surface area contributed by atoms with E-state index in [4.69, 9.17) is 29.2 Å². The number of hydrogen-bond donors (Lipinski definition) is 5. The van der Waals surface area contributed by atoms with Crippen LogP contribution in [0.4, 0.5) is 0 Å². The van der Waals surface area contributed by atoms with Crippen molar-refractivity contribution < 1.29 is 57.9 Å². The van der Waals surface area contributed by atoms with Gasteiger partial charge in [-0.05, 0) is 32.1 Å². The fourth-order valence-electron chi connectivity index (χ4n) is 3.90. The Bertz CT molecular complexity index is 855. The first kappa shape index (κ1) is 41.0. The number of carboxylic acid groups (broad SMARTS) is 1. The highest BCUT2D eigenvalue weighted by atomic mass is 16.5. The minimum atomic E-state index is -1.18. The maximum absolute atomic E-state index is 11.9. The summed E-state index contributed by atoms with van der Waals surface area (Å²) in [7, 11) is 0. The van der Waals surface area contributed by atoms with Gasteiger partial charge < -0.3 is 45.1 Å². The van der Waals surface area contributed by atoms with Gasteiger partial charge in [0.25, 0.3) is 0 Å². The summed E-state index contributed by atoms with van der Waals surface area (Å²) < 4.78 is 21.2. The maximum atomic E-state index is 11.9. The molecule has 0 rings (SSSR count). The van der Waals surface area contributed by atoms with Crippen molar-refractivity contribution in [2.75, 3.05) is 72.6 Å². The molecule has 0 unspecified atom stereocenters. The Morgan fingerprint density at radius 3 is 1.86 bits per heavy atom. The number of ketones is 2. The number of amides is 3. The zero-order chi connectivity index (χ0) is 33.0. The van der Waals surface area contributed by atoms with E-state index in [1.807, 2.05) is 6.92 Å². The number of carboxylic acids is 1. The Morgan fingerprint density at radius 2 is 1.30 bits per heavy atom. The summed E-state index contributed by atoms with van der Waals surface area (Å²) in [6.07, 6.45) is 3.70. The molecule has 0 spiro atoms. The Morgan fingerprint density at radius 1 is 0.705 bits per heavy atom. The third kappa shape index (κ3) is 24.5. The van der Waals surface area contributed by atoms with E-state index in [1.54, 1.807) is 0 Å². The van der Waals surface area contributed by atoms with Crippen molar-refractivity contribution in [1.29, 1.82) is 0 Å². The van der Waals surface area contributed by atoms with E-state index in [1.165, 1.54) is 6.92 Å². The van der Waals surface area contributed by atoms with Gasteiger partial charge in [-0.25, -0.2) is 4.79 Å². The van der Waals surface area contributed by atoms with Crippen LogP contribution in [0.25, 0.3) is 0 Å². The molecule has 0 saturated heterocycles. The highest BCUT2D eigenvalue weighted by molar-refractivity contribution is 5.84. The van der Waals surface area contributed by atoms with Crippen LogP contribution in [0, 0.1) is 5.92 Å². The van der Waals surface area contributed by atoms with Gasteiger partial charge in [0, 0.05) is 45.4 Å².